The smallest absolute Gasteiger partial charge is 0.338 e. The summed E-state index contributed by atoms with van der Waals surface area (Å²) in [5.41, 5.74) is 2.92. The third kappa shape index (κ3) is 5.37. The Morgan fingerprint density at radius 1 is 1.06 bits per heavy atom. The van der Waals surface area contributed by atoms with Crippen LogP contribution in [0, 0.1) is 25.7 Å². The van der Waals surface area contributed by atoms with Crippen LogP contribution in [-0.2, 0) is 14.8 Å². The van der Waals surface area contributed by atoms with Gasteiger partial charge < -0.3 is 9.26 Å². The number of anilines is 1. The van der Waals surface area contributed by atoms with Gasteiger partial charge in [0.25, 0.3) is 10.0 Å². The van der Waals surface area contributed by atoms with Crippen molar-refractivity contribution in [1.82, 2.24) is 15.1 Å². The van der Waals surface area contributed by atoms with Crippen LogP contribution in [-0.4, -0.2) is 36.6 Å². The van der Waals surface area contributed by atoms with Gasteiger partial charge in [0, 0.05) is 29.1 Å². The van der Waals surface area contributed by atoms with Crippen molar-refractivity contribution in [2.24, 2.45) is 0 Å². The summed E-state index contributed by atoms with van der Waals surface area (Å²) in [6.45, 7) is 3.02. The van der Waals surface area contributed by atoms with Crippen molar-refractivity contribution in [3.05, 3.63) is 89.1 Å². The number of nitrogens with zero attached hydrogens (tertiary/aromatic N) is 3. The van der Waals surface area contributed by atoms with Gasteiger partial charge in [-0.15, -0.1) is 0 Å². The number of hydrogen-bond acceptors (Lipinski definition) is 8. The number of hydrogen-bond donors (Lipinski definition) is 1. The first-order valence-electron chi connectivity index (χ1n) is 10.4. The minimum Gasteiger partial charge on any atom is -0.465 e. The predicted octanol–water partition coefficient (Wildman–Crippen LogP) is 3.74. The zero-order valence-electron chi connectivity index (χ0n) is 19.1. The van der Waals surface area contributed by atoms with E-state index < -0.39 is 16.0 Å². The number of carbonyl (C=O) groups excluding carboxylic acids is 1. The fourth-order valence-corrected chi connectivity index (χ4v) is 4.64. The van der Waals surface area contributed by atoms with Crippen molar-refractivity contribution in [1.29, 1.82) is 0 Å². The van der Waals surface area contributed by atoms with Crippen LogP contribution in [0.2, 0.25) is 0 Å². The van der Waals surface area contributed by atoms with Gasteiger partial charge >= 0.3 is 5.97 Å². The van der Waals surface area contributed by atoms with E-state index >= 15 is 0 Å². The second-order valence-electron chi connectivity index (χ2n) is 7.45. The average Bonchev–Trinajstić information content (AvgIpc) is 3.21. The van der Waals surface area contributed by atoms with Crippen LogP contribution in [0.25, 0.3) is 11.3 Å². The van der Waals surface area contributed by atoms with E-state index in [2.05, 4.69) is 31.7 Å². The molecule has 0 amide bonds. The van der Waals surface area contributed by atoms with Crippen molar-refractivity contribution < 1.29 is 22.5 Å². The lowest BCUT2D eigenvalue weighted by molar-refractivity contribution is 0.0600. The van der Waals surface area contributed by atoms with E-state index in [9.17, 15) is 13.2 Å². The van der Waals surface area contributed by atoms with Crippen molar-refractivity contribution >= 4 is 21.8 Å². The minimum absolute atomic E-state index is 0.0525. The molecule has 3 aromatic heterocycles. The highest BCUT2D eigenvalue weighted by molar-refractivity contribution is 7.92. The van der Waals surface area contributed by atoms with Gasteiger partial charge in [-0.3, -0.25) is 9.71 Å². The lowest BCUT2D eigenvalue weighted by atomic mass is 10.1. The van der Waals surface area contributed by atoms with Gasteiger partial charge in [-0.1, -0.05) is 29.1 Å². The number of nitrogens with one attached hydrogen (secondary N) is 1. The number of aryl methyl sites for hydroxylation is 2. The monoisotopic (exact) mass is 488 g/mol. The van der Waals surface area contributed by atoms with Crippen molar-refractivity contribution in [2.75, 3.05) is 11.8 Å². The topological polar surface area (TPSA) is 124 Å². The van der Waals surface area contributed by atoms with E-state index in [1.165, 1.54) is 33.1 Å². The zero-order chi connectivity index (χ0) is 25.0. The highest BCUT2D eigenvalue weighted by atomic mass is 32.2. The second kappa shape index (κ2) is 9.79. The van der Waals surface area contributed by atoms with E-state index in [0.29, 0.717) is 11.3 Å². The summed E-state index contributed by atoms with van der Waals surface area (Å²) in [5.74, 6) is 5.54. The van der Waals surface area contributed by atoms with Crippen LogP contribution < -0.4 is 4.72 Å². The zero-order valence-corrected chi connectivity index (χ0v) is 19.9. The molecule has 35 heavy (non-hydrogen) atoms. The molecule has 1 N–H and O–H groups in total. The molecule has 0 unspecified atom stereocenters. The van der Waals surface area contributed by atoms with Gasteiger partial charge in [0.1, 0.15) is 11.5 Å². The molecular weight excluding hydrogens is 468 g/mol. The lowest BCUT2D eigenvalue weighted by Crippen LogP contribution is -2.16. The van der Waals surface area contributed by atoms with Gasteiger partial charge in [0.05, 0.1) is 18.4 Å². The van der Waals surface area contributed by atoms with Gasteiger partial charge in [-0.05, 0) is 50.2 Å². The van der Waals surface area contributed by atoms with E-state index in [-0.39, 0.29) is 27.7 Å². The number of rotatable bonds is 5. The van der Waals surface area contributed by atoms with Gasteiger partial charge in [0.2, 0.25) is 0 Å². The Labute approximate surface area is 202 Å². The van der Waals surface area contributed by atoms with Crippen LogP contribution in [0.15, 0.2) is 70.3 Å². The molecule has 0 aliphatic carbocycles. The molecular formula is C25H20N4O5S. The van der Waals surface area contributed by atoms with Crippen LogP contribution in [0.3, 0.4) is 0 Å². The molecule has 9 nitrogen and oxygen atoms in total. The van der Waals surface area contributed by atoms with Crippen molar-refractivity contribution in [3.8, 4) is 23.1 Å². The van der Waals surface area contributed by atoms with Crippen molar-refractivity contribution in [2.45, 2.75) is 18.7 Å². The molecule has 10 heteroatoms. The molecule has 0 aliphatic heterocycles. The number of esters is 1. The molecule has 0 fully saturated rings. The predicted molar refractivity (Wildman–Crippen MR) is 128 cm³/mol. The molecule has 0 atom stereocenters. The third-order valence-corrected chi connectivity index (χ3v) is 6.51. The highest BCUT2D eigenvalue weighted by Crippen LogP contribution is 2.26. The molecule has 0 saturated carbocycles. The molecule has 3 heterocycles. The summed E-state index contributed by atoms with van der Waals surface area (Å²) in [7, 11) is -2.82. The van der Waals surface area contributed by atoms with Crippen LogP contribution in [0.5, 0.6) is 0 Å². The summed E-state index contributed by atoms with van der Waals surface area (Å²) >= 11 is 0. The first kappa shape index (κ1) is 23.7. The van der Waals surface area contributed by atoms with E-state index in [4.69, 9.17) is 9.26 Å². The summed E-state index contributed by atoms with van der Waals surface area (Å²) in [4.78, 5) is 20.6. The molecule has 4 aromatic rings. The number of ether oxygens (including phenoxy) is 1. The largest absolute Gasteiger partial charge is 0.465 e. The molecule has 0 spiro atoms. The lowest BCUT2D eigenvalue weighted by Gasteiger charge is -2.11. The van der Waals surface area contributed by atoms with E-state index in [0.717, 1.165) is 11.1 Å². The maximum atomic E-state index is 12.9. The molecule has 1 aromatic carbocycles. The Kier molecular flexibility index (Phi) is 6.62. The van der Waals surface area contributed by atoms with E-state index in [1.54, 1.807) is 36.7 Å². The van der Waals surface area contributed by atoms with Gasteiger partial charge in [-0.25, -0.2) is 18.2 Å². The number of carbonyl (C=O) groups is 1. The Balaban J connectivity index is 1.68. The molecule has 0 radical (unpaired) electrons. The summed E-state index contributed by atoms with van der Waals surface area (Å²) in [5, 5.41) is 3.69. The third-order valence-electron chi connectivity index (χ3n) is 4.92. The molecule has 0 bridgehead atoms. The fraction of sp³-hybridized carbons (Fsp3) is 0.120. The maximum Gasteiger partial charge on any atom is 0.338 e. The average molecular weight is 489 g/mol. The first-order chi connectivity index (χ1) is 16.8. The highest BCUT2D eigenvalue weighted by Gasteiger charge is 2.25. The van der Waals surface area contributed by atoms with Gasteiger partial charge in [0.15, 0.2) is 10.7 Å². The Hall–Kier alpha value is -4.49. The number of methoxy groups -OCH3 is 1. The Bertz CT molecular complexity index is 1530. The van der Waals surface area contributed by atoms with Crippen molar-refractivity contribution in [3.63, 3.8) is 0 Å². The minimum atomic E-state index is -4.06. The summed E-state index contributed by atoms with van der Waals surface area (Å²) in [6.07, 6.45) is 3.35. The number of benzene rings is 1. The summed E-state index contributed by atoms with van der Waals surface area (Å²) < 4.78 is 38.1. The first-order valence-corrected chi connectivity index (χ1v) is 11.8. The standard InChI is InChI=1S/C25H20N4O5S/c1-16-24(17(2)34-28-16)35(31,32)29-23-14-21(25(30)33-3)13-22(27-23)20-10-8-18(9-11-20)6-7-19-5-4-12-26-15-19/h4-5,8-15H,1-3H3,(H,27,29). The van der Waals surface area contributed by atoms with Crippen LogP contribution >= 0.6 is 0 Å². The molecule has 0 aliphatic rings. The number of sulfonamides is 1. The summed E-state index contributed by atoms with van der Waals surface area (Å²) in [6, 6.07) is 13.7. The fourth-order valence-electron chi connectivity index (χ4n) is 3.32. The second-order valence-corrected chi connectivity index (χ2v) is 9.06. The number of pyridine rings is 2. The molecule has 176 valence electrons. The van der Waals surface area contributed by atoms with Gasteiger partial charge in [-0.2, -0.15) is 0 Å². The maximum absolute atomic E-state index is 12.9. The SMILES string of the molecule is COC(=O)c1cc(NS(=O)(=O)c2c(C)noc2C)nc(-c2ccc(C#Cc3cccnc3)cc2)c1. The Morgan fingerprint density at radius 3 is 2.43 bits per heavy atom. The van der Waals surface area contributed by atoms with E-state index in [1.807, 2.05) is 12.1 Å². The van der Waals surface area contributed by atoms with Crippen LogP contribution in [0.1, 0.15) is 32.9 Å². The molecule has 0 saturated heterocycles. The van der Waals surface area contributed by atoms with Crippen LogP contribution in [0.4, 0.5) is 5.82 Å². The Morgan fingerprint density at radius 2 is 1.80 bits per heavy atom. The quantitative estimate of drug-likeness (QED) is 0.333. The number of aromatic nitrogens is 3. The normalized spacial score (nSPS) is 10.8. The molecule has 4 rings (SSSR count).